The van der Waals surface area contributed by atoms with Crippen molar-refractivity contribution in [3.8, 4) is 0 Å². The number of carbonyl (C=O) groups is 1. The minimum atomic E-state index is -0.778. The zero-order chi connectivity index (χ0) is 12.0. The molecule has 1 atom stereocenters. The molecular weight excluding hydrogens is 220 g/mol. The molecule has 0 radical (unpaired) electrons. The normalized spacial score (nSPS) is 12.4. The maximum atomic E-state index is 10.5. The summed E-state index contributed by atoms with van der Waals surface area (Å²) in [5, 5.41) is 8.64. The van der Waals surface area contributed by atoms with E-state index in [0.717, 1.165) is 17.2 Å². The highest BCUT2D eigenvalue weighted by Crippen LogP contribution is 2.22. The number of carboxylic acid groups (broad SMARTS) is 1. The Morgan fingerprint density at radius 3 is 2.50 bits per heavy atom. The molecule has 1 N–H and O–H groups in total. The summed E-state index contributed by atoms with van der Waals surface area (Å²) in [6.45, 7) is 4.44. The van der Waals surface area contributed by atoms with Crippen LogP contribution in [-0.4, -0.2) is 16.8 Å². The predicted octanol–water partition coefficient (Wildman–Crippen LogP) is 3.45. The van der Waals surface area contributed by atoms with Gasteiger partial charge in [-0.1, -0.05) is 32.4 Å². The van der Waals surface area contributed by atoms with E-state index >= 15 is 0 Å². The van der Waals surface area contributed by atoms with Crippen LogP contribution >= 0.6 is 11.8 Å². The average molecular weight is 238 g/mol. The SMILES string of the molecule is CCC(C)CSc1ccc(CC(=O)O)cc1. The largest absolute Gasteiger partial charge is 0.481 e. The smallest absolute Gasteiger partial charge is 0.307 e. The summed E-state index contributed by atoms with van der Waals surface area (Å²) in [6.07, 6.45) is 1.31. The Balaban J connectivity index is 2.48. The van der Waals surface area contributed by atoms with E-state index in [1.807, 2.05) is 36.0 Å². The number of rotatable bonds is 6. The van der Waals surface area contributed by atoms with Crippen molar-refractivity contribution in [3.63, 3.8) is 0 Å². The van der Waals surface area contributed by atoms with Crippen molar-refractivity contribution >= 4 is 17.7 Å². The molecule has 1 rings (SSSR count). The summed E-state index contributed by atoms with van der Waals surface area (Å²) in [4.78, 5) is 11.7. The van der Waals surface area contributed by atoms with E-state index in [1.165, 1.54) is 11.3 Å². The molecule has 0 aliphatic heterocycles. The molecule has 88 valence electrons. The Morgan fingerprint density at radius 1 is 1.38 bits per heavy atom. The highest BCUT2D eigenvalue weighted by atomic mass is 32.2. The Hall–Kier alpha value is -0.960. The third kappa shape index (κ3) is 4.71. The molecular formula is C13H18O2S. The van der Waals surface area contributed by atoms with Gasteiger partial charge in [0.25, 0.3) is 0 Å². The van der Waals surface area contributed by atoms with Crippen molar-refractivity contribution in [1.29, 1.82) is 0 Å². The van der Waals surface area contributed by atoms with Gasteiger partial charge in [0, 0.05) is 10.6 Å². The fraction of sp³-hybridized carbons (Fsp3) is 0.462. The van der Waals surface area contributed by atoms with Crippen LogP contribution in [0.15, 0.2) is 29.2 Å². The first kappa shape index (κ1) is 13.1. The van der Waals surface area contributed by atoms with Gasteiger partial charge in [-0.25, -0.2) is 0 Å². The molecule has 0 aliphatic carbocycles. The fourth-order valence-corrected chi connectivity index (χ4v) is 2.28. The first-order chi connectivity index (χ1) is 7.61. The molecule has 2 nitrogen and oxygen atoms in total. The summed E-state index contributed by atoms with van der Waals surface area (Å²) < 4.78 is 0. The number of carboxylic acids is 1. The van der Waals surface area contributed by atoms with Gasteiger partial charge in [-0.3, -0.25) is 4.79 Å². The average Bonchev–Trinajstić information content (AvgIpc) is 2.27. The summed E-state index contributed by atoms with van der Waals surface area (Å²) in [7, 11) is 0. The standard InChI is InChI=1S/C13H18O2S/c1-3-10(2)9-16-12-6-4-11(5-7-12)8-13(14)15/h4-7,10H,3,8-9H2,1-2H3,(H,14,15). The van der Waals surface area contributed by atoms with Crippen molar-refractivity contribution in [2.75, 3.05) is 5.75 Å². The monoisotopic (exact) mass is 238 g/mol. The fourth-order valence-electron chi connectivity index (χ4n) is 1.23. The number of hydrogen-bond acceptors (Lipinski definition) is 2. The van der Waals surface area contributed by atoms with E-state index in [1.54, 1.807) is 0 Å². The van der Waals surface area contributed by atoms with E-state index in [-0.39, 0.29) is 6.42 Å². The van der Waals surface area contributed by atoms with Gasteiger partial charge in [-0.15, -0.1) is 11.8 Å². The van der Waals surface area contributed by atoms with Gasteiger partial charge in [0.2, 0.25) is 0 Å². The molecule has 1 aromatic rings. The van der Waals surface area contributed by atoms with Crippen LogP contribution in [0.3, 0.4) is 0 Å². The quantitative estimate of drug-likeness (QED) is 0.771. The van der Waals surface area contributed by atoms with Gasteiger partial charge < -0.3 is 5.11 Å². The van der Waals surface area contributed by atoms with Crippen LogP contribution in [-0.2, 0) is 11.2 Å². The second kappa shape index (κ2) is 6.59. The van der Waals surface area contributed by atoms with Gasteiger partial charge in [0.15, 0.2) is 0 Å². The summed E-state index contributed by atoms with van der Waals surface area (Å²) >= 11 is 1.83. The van der Waals surface area contributed by atoms with Crippen LogP contribution in [0, 0.1) is 5.92 Å². The maximum absolute atomic E-state index is 10.5. The van der Waals surface area contributed by atoms with Crippen molar-refractivity contribution in [1.82, 2.24) is 0 Å². The van der Waals surface area contributed by atoms with Crippen LogP contribution in [0.5, 0.6) is 0 Å². The van der Waals surface area contributed by atoms with E-state index in [2.05, 4.69) is 13.8 Å². The molecule has 0 saturated heterocycles. The lowest BCUT2D eigenvalue weighted by molar-refractivity contribution is -0.136. The molecule has 0 saturated carbocycles. The first-order valence-corrected chi connectivity index (χ1v) is 6.54. The van der Waals surface area contributed by atoms with Gasteiger partial charge in [-0.05, 0) is 23.6 Å². The number of thioether (sulfide) groups is 1. The van der Waals surface area contributed by atoms with Gasteiger partial charge in [-0.2, -0.15) is 0 Å². The lowest BCUT2D eigenvalue weighted by Crippen LogP contribution is -1.99. The first-order valence-electron chi connectivity index (χ1n) is 5.55. The third-order valence-corrected chi connectivity index (χ3v) is 3.85. The highest BCUT2D eigenvalue weighted by Gasteiger charge is 2.02. The maximum Gasteiger partial charge on any atom is 0.307 e. The predicted molar refractivity (Wildman–Crippen MR) is 68.0 cm³/mol. The van der Waals surface area contributed by atoms with Crippen molar-refractivity contribution in [3.05, 3.63) is 29.8 Å². The van der Waals surface area contributed by atoms with E-state index in [9.17, 15) is 4.79 Å². The lowest BCUT2D eigenvalue weighted by atomic mass is 10.2. The van der Waals surface area contributed by atoms with E-state index < -0.39 is 5.97 Å². The molecule has 0 fully saturated rings. The Morgan fingerprint density at radius 2 is 2.00 bits per heavy atom. The summed E-state index contributed by atoms with van der Waals surface area (Å²) in [6, 6.07) is 7.80. The van der Waals surface area contributed by atoms with Crippen molar-refractivity contribution in [2.24, 2.45) is 5.92 Å². The van der Waals surface area contributed by atoms with Crippen LogP contribution in [0.1, 0.15) is 25.8 Å². The number of benzene rings is 1. The molecule has 1 aromatic carbocycles. The molecule has 16 heavy (non-hydrogen) atoms. The number of aliphatic carboxylic acids is 1. The zero-order valence-electron chi connectivity index (χ0n) is 9.77. The topological polar surface area (TPSA) is 37.3 Å². The van der Waals surface area contributed by atoms with Crippen LogP contribution < -0.4 is 0 Å². The Bertz CT molecular complexity index is 332. The second-order valence-corrected chi connectivity index (χ2v) is 5.13. The lowest BCUT2D eigenvalue weighted by Gasteiger charge is -2.07. The van der Waals surface area contributed by atoms with Crippen LogP contribution in [0.4, 0.5) is 0 Å². The van der Waals surface area contributed by atoms with Gasteiger partial charge in [0.1, 0.15) is 0 Å². The van der Waals surface area contributed by atoms with E-state index in [4.69, 9.17) is 5.11 Å². The van der Waals surface area contributed by atoms with Crippen LogP contribution in [0.2, 0.25) is 0 Å². The molecule has 0 aromatic heterocycles. The third-order valence-electron chi connectivity index (χ3n) is 2.51. The van der Waals surface area contributed by atoms with Gasteiger partial charge >= 0.3 is 5.97 Å². The molecule has 0 heterocycles. The highest BCUT2D eigenvalue weighted by molar-refractivity contribution is 7.99. The minimum Gasteiger partial charge on any atom is -0.481 e. The van der Waals surface area contributed by atoms with Crippen molar-refractivity contribution < 1.29 is 9.90 Å². The van der Waals surface area contributed by atoms with E-state index in [0.29, 0.717) is 0 Å². The summed E-state index contributed by atoms with van der Waals surface area (Å²) in [5.41, 5.74) is 0.861. The number of hydrogen-bond donors (Lipinski definition) is 1. The summed E-state index contributed by atoms with van der Waals surface area (Å²) in [5.74, 6) is 1.07. The Labute approximate surface area is 101 Å². The molecule has 0 spiro atoms. The molecule has 0 bridgehead atoms. The minimum absolute atomic E-state index is 0.107. The molecule has 0 amide bonds. The Kier molecular flexibility index (Phi) is 5.39. The van der Waals surface area contributed by atoms with Crippen molar-refractivity contribution in [2.45, 2.75) is 31.6 Å². The molecule has 1 unspecified atom stereocenters. The zero-order valence-corrected chi connectivity index (χ0v) is 10.6. The van der Waals surface area contributed by atoms with Gasteiger partial charge in [0.05, 0.1) is 6.42 Å². The van der Waals surface area contributed by atoms with Crippen LogP contribution in [0.25, 0.3) is 0 Å². The second-order valence-electron chi connectivity index (χ2n) is 4.04. The molecule has 0 aliphatic rings. The molecule has 3 heteroatoms.